The van der Waals surface area contributed by atoms with Crippen molar-refractivity contribution in [1.29, 1.82) is 0 Å². The highest BCUT2D eigenvalue weighted by Crippen LogP contribution is 2.22. The molecule has 0 aliphatic carbocycles. The number of halogens is 2. The molecule has 1 atom stereocenters. The molecule has 6 heteroatoms. The molecular formula is C12H14ClFN4. The van der Waals surface area contributed by atoms with E-state index in [1.54, 1.807) is 10.7 Å². The first-order valence-electron chi connectivity index (χ1n) is 5.71. The van der Waals surface area contributed by atoms with Crippen molar-refractivity contribution in [3.05, 3.63) is 42.2 Å². The van der Waals surface area contributed by atoms with Gasteiger partial charge in [0.25, 0.3) is 0 Å². The Morgan fingerprint density at radius 1 is 1.39 bits per heavy atom. The topological polar surface area (TPSA) is 42.7 Å². The zero-order valence-electron chi connectivity index (χ0n) is 9.71. The molecular weight excluding hydrogens is 255 g/mol. The van der Waals surface area contributed by atoms with Crippen molar-refractivity contribution in [3.63, 3.8) is 0 Å². The first-order chi connectivity index (χ1) is 8.34. The summed E-state index contributed by atoms with van der Waals surface area (Å²) in [7, 11) is 0. The van der Waals surface area contributed by atoms with E-state index >= 15 is 0 Å². The number of rotatable bonds is 2. The van der Waals surface area contributed by atoms with Crippen LogP contribution >= 0.6 is 12.4 Å². The number of hydrogen-bond acceptors (Lipinski definition) is 3. The molecule has 1 fully saturated rings. The monoisotopic (exact) mass is 268 g/mol. The largest absolute Gasteiger partial charge is 0.316 e. The van der Waals surface area contributed by atoms with Gasteiger partial charge in [-0.1, -0.05) is 6.07 Å². The lowest BCUT2D eigenvalue weighted by molar-refractivity contribution is 0.620. The van der Waals surface area contributed by atoms with E-state index in [0.29, 0.717) is 5.92 Å². The second-order valence-corrected chi connectivity index (χ2v) is 4.20. The van der Waals surface area contributed by atoms with E-state index in [1.165, 1.54) is 18.5 Å². The third-order valence-corrected chi connectivity index (χ3v) is 3.05. The minimum absolute atomic E-state index is 0. The Kier molecular flexibility index (Phi) is 3.93. The minimum Gasteiger partial charge on any atom is -0.316 e. The van der Waals surface area contributed by atoms with Gasteiger partial charge >= 0.3 is 0 Å². The summed E-state index contributed by atoms with van der Waals surface area (Å²) in [6.07, 6.45) is 2.58. The van der Waals surface area contributed by atoms with Crippen LogP contribution in [-0.2, 0) is 0 Å². The number of nitrogens with one attached hydrogen (secondary N) is 1. The molecule has 1 aromatic carbocycles. The molecule has 0 amide bonds. The summed E-state index contributed by atoms with van der Waals surface area (Å²) in [4.78, 5) is 4.29. The van der Waals surface area contributed by atoms with Crippen molar-refractivity contribution < 1.29 is 4.39 Å². The van der Waals surface area contributed by atoms with Gasteiger partial charge in [-0.3, -0.25) is 0 Å². The van der Waals surface area contributed by atoms with Crippen LogP contribution < -0.4 is 5.32 Å². The molecule has 1 N–H and O–H groups in total. The van der Waals surface area contributed by atoms with Gasteiger partial charge < -0.3 is 5.32 Å². The van der Waals surface area contributed by atoms with Gasteiger partial charge in [0.1, 0.15) is 18.0 Å². The maximum absolute atomic E-state index is 13.2. The average Bonchev–Trinajstić information content (AvgIpc) is 3.00. The summed E-state index contributed by atoms with van der Waals surface area (Å²) in [5.41, 5.74) is 0.726. The van der Waals surface area contributed by atoms with Crippen LogP contribution in [0.25, 0.3) is 5.69 Å². The summed E-state index contributed by atoms with van der Waals surface area (Å²) >= 11 is 0. The standard InChI is InChI=1S/C12H13FN4.ClH/c13-10-2-1-3-11(6-10)17-12(15-8-16-17)9-4-5-14-7-9;/h1-3,6,8-9,14H,4-5,7H2;1H. The molecule has 1 saturated heterocycles. The van der Waals surface area contributed by atoms with E-state index in [9.17, 15) is 4.39 Å². The lowest BCUT2D eigenvalue weighted by atomic mass is 10.1. The van der Waals surface area contributed by atoms with Gasteiger partial charge in [-0.15, -0.1) is 12.4 Å². The van der Waals surface area contributed by atoms with Gasteiger partial charge in [-0.25, -0.2) is 14.1 Å². The molecule has 2 heterocycles. The third-order valence-electron chi connectivity index (χ3n) is 3.05. The highest BCUT2D eigenvalue weighted by Gasteiger charge is 2.22. The smallest absolute Gasteiger partial charge is 0.138 e. The molecule has 0 radical (unpaired) electrons. The zero-order chi connectivity index (χ0) is 11.7. The normalized spacial score (nSPS) is 18.6. The Hall–Kier alpha value is -1.46. The van der Waals surface area contributed by atoms with E-state index in [2.05, 4.69) is 15.4 Å². The molecule has 1 aliphatic rings. The molecule has 0 spiro atoms. The van der Waals surface area contributed by atoms with Crippen LogP contribution in [0, 0.1) is 5.82 Å². The van der Waals surface area contributed by atoms with E-state index in [-0.39, 0.29) is 18.2 Å². The van der Waals surface area contributed by atoms with E-state index in [0.717, 1.165) is 31.0 Å². The van der Waals surface area contributed by atoms with Crippen LogP contribution in [0.2, 0.25) is 0 Å². The number of aromatic nitrogens is 3. The lowest BCUT2D eigenvalue weighted by Gasteiger charge is -2.10. The summed E-state index contributed by atoms with van der Waals surface area (Å²) in [6, 6.07) is 6.42. The second-order valence-electron chi connectivity index (χ2n) is 4.20. The molecule has 3 rings (SSSR count). The molecule has 2 aromatic rings. The Morgan fingerprint density at radius 2 is 2.28 bits per heavy atom. The number of benzene rings is 1. The van der Waals surface area contributed by atoms with Gasteiger partial charge in [0, 0.05) is 12.5 Å². The molecule has 4 nitrogen and oxygen atoms in total. The molecule has 1 unspecified atom stereocenters. The maximum atomic E-state index is 13.2. The van der Waals surface area contributed by atoms with Gasteiger partial charge in [0.2, 0.25) is 0 Å². The van der Waals surface area contributed by atoms with Crippen LogP contribution in [0.15, 0.2) is 30.6 Å². The van der Waals surface area contributed by atoms with Crippen molar-refractivity contribution >= 4 is 12.4 Å². The average molecular weight is 269 g/mol. The lowest BCUT2D eigenvalue weighted by Crippen LogP contribution is -2.12. The first kappa shape index (κ1) is 13.0. The predicted octanol–water partition coefficient (Wildman–Crippen LogP) is 1.91. The highest BCUT2D eigenvalue weighted by molar-refractivity contribution is 5.85. The van der Waals surface area contributed by atoms with Crippen molar-refractivity contribution in [1.82, 2.24) is 20.1 Å². The fourth-order valence-corrected chi connectivity index (χ4v) is 2.21. The van der Waals surface area contributed by atoms with Crippen LogP contribution in [0.4, 0.5) is 4.39 Å². The highest BCUT2D eigenvalue weighted by atomic mass is 35.5. The molecule has 1 aromatic heterocycles. The van der Waals surface area contributed by atoms with Crippen molar-refractivity contribution in [2.75, 3.05) is 13.1 Å². The fourth-order valence-electron chi connectivity index (χ4n) is 2.21. The summed E-state index contributed by atoms with van der Waals surface area (Å²) in [6.45, 7) is 1.91. The van der Waals surface area contributed by atoms with Crippen LogP contribution in [-0.4, -0.2) is 27.9 Å². The molecule has 18 heavy (non-hydrogen) atoms. The van der Waals surface area contributed by atoms with Crippen LogP contribution in [0.5, 0.6) is 0 Å². The summed E-state index contributed by atoms with van der Waals surface area (Å²) in [5, 5.41) is 7.48. The van der Waals surface area contributed by atoms with Gasteiger partial charge in [0.15, 0.2) is 0 Å². The van der Waals surface area contributed by atoms with Gasteiger partial charge in [-0.2, -0.15) is 5.10 Å². The van der Waals surface area contributed by atoms with Crippen molar-refractivity contribution in [2.24, 2.45) is 0 Å². The maximum Gasteiger partial charge on any atom is 0.138 e. The minimum atomic E-state index is -0.256. The molecule has 1 aliphatic heterocycles. The first-order valence-corrected chi connectivity index (χ1v) is 5.71. The predicted molar refractivity (Wildman–Crippen MR) is 68.8 cm³/mol. The SMILES string of the molecule is Cl.Fc1cccc(-n2ncnc2C2CCNC2)c1. The second kappa shape index (κ2) is 5.46. The Bertz CT molecular complexity index is 522. The number of hydrogen-bond donors (Lipinski definition) is 1. The molecule has 0 saturated carbocycles. The van der Waals surface area contributed by atoms with Crippen molar-refractivity contribution in [2.45, 2.75) is 12.3 Å². The van der Waals surface area contributed by atoms with E-state index in [4.69, 9.17) is 0 Å². The van der Waals surface area contributed by atoms with Gasteiger partial charge in [-0.05, 0) is 31.2 Å². The molecule has 96 valence electrons. The fraction of sp³-hybridized carbons (Fsp3) is 0.333. The Labute approximate surface area is 111 Å². The summed E-state index contributed by atoms with van der Waals surface area (Å²) < 4.78 is 14.9. The number of nitrogens with zero attached hydrogens (tertiary/aromatic N) is 3. The van der Waals surface area contributed by atoms with Gasteiger partial charge in [0.05, 0.1) is 5.69 Å². The molecule has 0 bridgehead atoms. The zero-order valence-corrected chi connectivity index (χ0v) is 10.5. The Morgan fingerprint density at radius 3 is 3.00 bits per heavy atom. The van der Waals surface area contributed by atoms with E-state index < -0.39 is 0 Å². The summed E-state index contributed by atoms with van der Waals surface area (Å²) in [5.74, 6) is 1.01. The van der Waals surface area contributed by atoms with Crippen LogP contribution in [0.1, 0.15) is 18.2 Å². The van der Waals surface area contributed by atoms with Crippen molar-refractivity contribution in [3.8, 4) is 5.69 Å². The van der Waals surface area contributed by atoms with Crippen LogP contribution in [0.3, 0.4) is 0 Å². The van der Waals surface area contributed by atoms with E-state index in [1.807, 2.05) is 6.07 Å². The third kappa shape index (κ3) is 2.37. The Balaban J connectivity index is 0.00000120. The quantitative estimate of drug-likeness (QED) is 0.905.